The van der Waals surface area contributed by atoms with Gasteiger partial charge in [0, 0.05) is 5.54 Å². The van der Waals surface area contributed by atoms with Crippen LogP contribution in [0.25, 0.3) is 0 Å². The van der Waals surface area contributed by atoms with Crippen molar-refractivity contribution in [1.82, 2.24) is 5.32 Å². The minimum absolute atomic E-state index is 0.520. The minimum Gasteiger partial charge on any atom is -0.312 e. The molecule has 0 aromatic rings. The second-order valence-electron chi connectivity index (χ2n) is 4.40. The zero-order chi connectivity index (χ0) is 8.86. The summed E-state index contributed by atoms with van der Waals surface area (Å²) in [5.41, 5.74) is 0.520. The molecule has 0 aliphatic heterocycles. The predicted molar refractivity (Wildman–Crippen MR) is 54.4 cm³/mol. The third-order valence-electron chi connectivity index (χ3n) is 3.04. The van der Waals surface area contributed by atoms with Gasteiger partial charge in [0.1, 0.15) is 0 Å². The smallest absolute Gasteiger partial charge is 0.0153 e. The fraction of sp³-hybridized carbons (Fsp3) is 1.00. The quantitative estimate of drug-likeness (QED) is 0.602. The van der Waals surface area contributed by atoms with Crippen molar-refractivity contribution in [2.75, 3.05) is 6.54 Å². The maximum absolute atomic E-state index is 3.65. The predicted octanol–water partition coefficient (Wildman–Crippen LogP) is 3.10. The van der Waals surface area contributed by atoms with E-state index in [1.807, 2.05) is 0 Å². The topological polar surface area (TPSA) is 12.0 Å². The van der Waals surface area contributed by atoms with Crippen LogP contribution >= 0.6 is 0 Å². The van der Waals surface area contributed by atoms with Crippen LogP contribution in [0.15, 0.2) is 0 Å². The van der Waals surface area contributed by atoms with E-state index in [0.717, 1.165) is 0 Å². The fourth-order valence-corrected chi connectivity index (χ4v) is 1.83. The summed E-state index contributed by atoms with van der Waals surface area (Å²) in [5.74, 6) is 0. The third-order valence-corrected chi connectivity index (χ3v) is 3.04. The first-order valence-electron chi connectivity index (χ1n) is 5.52. The van der Waals surface area contributed by atoms with E-state index in [1.165, 1.54) is 51.5 Å². The molecule has 0 bridgehead atoms. The van der Waals surface area contributed by atoms with E-state index in [1.54, 1.807) is 0 Å². The number of rotatable bonds is 6. The van der Waals surface area contributed by atoms with E-state index < -0.39 is 0 Å². The summed E-state index contributed by atoms with van der Waals surface area (Å²) in [4.78, 5) is 0. The summed E-state index contributed by atoms with van der Waals surface area (Å²) in [6, 6.07) is 0. The normalized spacial score (nSPS) is 20.5. The van der Waals surface area contributed by atoms with E-state index in [9.17, 15) is 0 Å². The lowest BCUT2D eigenvalue weighted by molar-refractivity contribution is 0.208. The molecule has 0 radical (unpaired) electrons. The van der Waals surface area contributed by atoms with E-state index in [4.69, 9.17) is 0 Å². The summed E-state index contributed by atoms with van der Waals surface area (Å²) in [6.07, 6.45) is 9.72. The lowest BCUT2D eigenvalue weighted by atomic mass is 9.78. The third kappa shape index (κ3) is 3.14. The van der Waals surface area contributed by atoms with Crippen molar-refractivity contribution in [2.45, 2.75) is 64.3 Å². The van der Waals surface area contributed by atoms with Gasteiger partial charge < -0.3 is 5.32 Å². The van der Waals surface area contributed by atoms with E-state index >= 15 is 0 Å². The van der Waals surface area contributed by atoms with Gasteiger partial charge in [-0.25, -0.2) is 0 Å². The summed E-state index contributed by atoms with van der Waals surface area (Å²) in [6.45, 7) is 5.85. The van der Waals surface area contributed by atoms with Gasteiger partial charge >= 0.3 is 0 Å². The lowest BCUT2D eigenvalue weighted by Gasteiger charge is -2.39. The second kappa shape index (κ2) is 4.86. The molecule has 1 aliphatic carbocycles. The standard InChI is InChI=1S/C11H23N/c1-3-4-5-6-10-12-11(2)8-7-9-11/h12H,3-10H2,1-2H3. The van der Waals surface area contributed by atoms with Gasteiger partial charge in [-0.15, -0.1) is 0 Å². The van der Waals surface area contributed by atoms with Crippen molar-refractivity contribution in [2.24, 2.45) is 0 Å². The Balaban J connectivity index is 1.88. The molecule has 1 aliphatic rings. The van der Waals surface area contributed by atoms with Gasteiger partial charge in [0.2, 0.25) is 0 Å². The molecule has 0 unspecified atom stereocenters. The summed E-state index contributed by atoms with van der Waals surface area (Å²) >= 11 is 0. The van der Waals surface area contributed by atoms with E-state index in [0.29, 0.717) is 5.54 Å². The molecule has 0 aromatic carbocycles. The van der Waals surface area contributed by atoms with Crippen LogP contribution in [0.5, 0.6) is 0 Å². The highest BCUT2D eigenvalue weighted by molar-refractivity contribution is 4.90. The van der Waals surface area contributed by atoms with Gasteiger partial charge in [-0.3, -0.25) is 0 Å². The Morgan fingerprint density at radius 3 is 2.42 bits per heavy atom. The van der Waals surface area contributed by atoms with Gasteiger partial charge in [-0.2, -0.15) is 0 Å². The SMILES string of the molecule is CCCCCCNC1(C)CCC1. The van der Waals surface area contributed by atoms with E-state index in [-0.39, 0.29) is 0 Å². The van der Waals surface area contributed by atoms with Gasteiger partial charge in [0.05, 0.1) is 0 Å². The average molecular weight is 169 g/mol. The molecule has 12 heavy (non-hydrogen) atoms. The molecule has 72 valence electrons. The molecule has 1 N–H and O–H groups in total. The van der Waals surface area contributed by atoms with Gasteiger partial charge in [-0.05, 0) is 39.2 Å². The molecule has 0 amide bonds. The van der Waals surface area contributed by atoms with Crippen LogP contribution < -0.4 is 5.32 Å². The van der Waals surface area contributed by atoms with Crippen molar-refractivity contribution in [3.05, 3.63) is 0 Å². The van der Waals surface area contributed by atoms with Crippen LogP contribution in [-0.4, -0.2) is 12.1 Å². The molecule has 0 spiro atoms. The molecule has 1 fully saturated rings. The first-order chi connectivity index (χ1) is 5.77. The maximum Gasteiger partial charge on any atom is 0.0153 e. The number of nitrogens with one attached hydrogen (secondary N) is 1. The Hall–Kier alpha value is -0.0400. The summed E-state index contributed by atoms with van der Waals surface area (Å²) in [7, 11) is 0. The van der Waals surface area contributed by atoms with Crippen LogP contribution in [0.1, 0.15) is 58.8 Å². The molecule has 1 nitrogen and oxygen atoms in total. The highest BCUT2D eigenvalue weighted by Gasteiger charge is 2.30. The lowest BCUT2D eigenvalue weighted by Crippen LogP contribution is -2.48. The Morgan fingerprint density at radius 1 is 1.17 bits per heavy atom. The molecular weight excluding hydrogens is 146 g/mol. The Morgan fingerprint density at radius 2 is 1.92 bits per heavy atom. The number of hydrogen-bond donors (Lipinski definition) is 1. The van der Waals surface area contributed by atoms with Gasteiger partial charge in [-0.1, -0.05) is 26.2 Å². The van der Waals surface area contributed by atoms with Crippen LogP contribution in [0, 0.1) is 0 Å². The monoisotopic (exact) mass is 169 g/mol. The Bertz CT molecular complexity index is 116. The zero-order valence-electron chi connectivity index (χ0n) is 8.66. The molecule has 0 aromatic heterocycles. The Labute approximate surface area is 76.9 Å². The van der Waals surface area contributed by atoms with Crippen molar-refractivity contribution >= 4 is 0 Å². The molecular formula is C11H23N. The van der Waals surface area contributed by atoms with Gasteiger partial charge in [0.25, 0.3) is 0 Å². The maximum atomic E-state index is 3.65. The van der Waals surface area contributed by atoms with Crippen molar-refractivity contribution in [3.8, 4) is 0 Å². The van der Waals surface area contributed by atoms with Crippen LogP contribution in [-0.2, 0) is 0 Å². The van der Waals surface area contributed by atoms with E-state index in [2.05, 4.69) is 19.2 Å². The first-order valence-corrected chi connectivity index (χ1v) is 5.52. The highest BCUT2D eigenvalue weighted by atomic mass is 15.0. The Kier molecular flexibility index (Phi) is 4.07. The summed E-state index contributed by atoms with van der Waals surface area (Å²) in [5, 5.41) is 3.65. The van der Waals surface area contributed by atoms with Crippen LogP contribution in [0.3, 0.4) is 0 Å². The molecule has 1 saturated carbocycles. The number of unbranched alkanes of at least 4 members (excludes halogenated alkanes) is 3. The molecule has 1 rings (SSSR count). The second-order valence-corrected chi connectivity index (χ2v) is 4.40. The van der Waals surface area contributed by atoms with Crippen molar-refractivity contribution in [1.29, 1.82) is 0 Å². The molecule has 1 heteroatoms. The highest BCUT2D eigenvalue weighted by Crippen LogP contribution is 2.30. The zero-order valence-corrected chi connectivity index (χ0v) is 8.66. The molecule has 0 saturated heterocycles. The largest absolute Gasteiger partial charge is 0.312 e. The van der Waals surface area contributed by atoms with Gasteiger partial charge in [0.15, 0.2) is 0 Å². The minimum atomic E-state index is 0.520. The number of hydrogen-bond acceptors (Lipinski definition) is 1. The summed E-state index contributed by atoms with van der Waals surface area (Å²) < 4.78 is 0. The first kappa shape index (κ1) is 10.0. The van der Waals surface area contributed by atoms with Crippen LogP contribution in [0.4, 0.5) is 0 Å². The fourth-order valence-electron chi connectivity index (χ4n) is 1.83. The van der Waals surface area contributed by atoms with Crippen molar-refractivity contribution in [3.63, 3.8) is 0 Å². The molecule has 0 heterocycles. The van der Waals surface area contributed by atoms with Crippen molar-refractivity contribution < 1.29 is 0 Å². The average Bonchev–Trinajstić information content (AvgIpc) is 2.01. The molecule has 0 atom stereocenters. The van der Waals surface area contributed by atoms with Crippen LogP contribution in [0.2, 0.25) is 0 Å².